The van der Waals surface area contributed by atoms with Gasteiger partial charge in [0.05, 0.1) is 0 Å². The molecule has 140 valence electrons. The summed E-state index contributed by atoms with van der Waals surface area (Å²) in [5.41, 5.74) is 0.541. The first kappa shape index (κ1) is 17.5. The molecule has 1 aliphatic rings. The quantitative estimate of drug-likeness (QED) is 0.717. The number of fused-ring (bicyclic) bond motifs is 1. The first-order chi connectivity index (χ1) is 13.1. The second-order valence-electron chi connectivity index (χ2n) is 6.49. The summed E-state index contributed by atoms with van der Waals surface area (Å²) in [4.78, 5) is 31.2. The lowest BCUT2D eigenvalue weighted by atomic mass is 10.2. The van der Waals surface area contributed by atoms with Gasteiger partial charge >= 0.3 is 5.69 Å². The Labute approximate surface area is 160 Å². The highest BCUT2D eigenvalue weighted by atomic mass is 35.5. The van der Waals surface area contributed by atoms with Crippen molar-refractivity contribution in [1.29, 1.82) is 0 Å². The fourth-order valence-electron chi connectivity index (χ4n) is 3.12. The molecule has 0 saturated carbocycles. The van der Waals surface area contributed by atoms with Crippen molar-refractivity contribution in [2.45, 2.75) is 25.9 Å². The molecule has 1 fully saturated rings. The van der Waals surface area contributed by atoms with Crippen molar-refractivity contribution in [1.82, 2.24) is 24.5 Å². The number of benzene rings is 1. The maximum Gasteiger partial charge on any atom is 0.352 e. The fourth-order valence-corrected chi connectivity index (χ4v) is 3.24. The van der Waals surface area contributed by atoms with E-state index >= 15 is 0 Å². The second-order valence-corrected chi connectivity index (χ2v) is 6.93. The maximum atomic E-state index is 12.4. The molecule has 0 bridgehead atoms. The van der Waals surface area contributed by atoms with Gasteiger partial charge in [0.25, 0.3) is 5.78 Å². The Hall–Kier alpha value is -2.87. The van der Waals surface area contributed by atoms with Crippen molar-refractivity contribution in [3.05, 3.63) is 57.6 Å². The lowest BCUT2D eigenvalue weighted by Gasteiger charge is -2.15. The standard InChI is InChI=1S/C18H19ClN6O2/c19-14-5-3-13(4-6-14)11-20-16(26)12-25-18(27)24-10-7-15(21-17(24)22-25)23-8-1-2-9-23/h3-7,10H,1-2,8-9,11-12H2,(H,20,26). The van der Waals surface area contributed by atoms with Crippen LogP contribution < -0.4 is 15.9 Å². The molecule has 0 unspecified atom stereocenters. The highest BCUT2D eigenvalue weighted by Gasteiger charge is 2.16. The fraction of sp³-hybridized carbons (Fsp3) is 0.333. The third-order valence-corrected chi connectivity index (χ3v) is 4.82. The van der Waals surface area contributed by atoms with Crippen LogP contribution in [0.5, 0.6) is 0 Å². The Bertz CT molecular complexity index is 1020. The first-order valence-corrected chi connectivity index (χ1v) is 9.20. The van der Waals surface area contributed by atoms with Crippen molar-refractivity contribution >= 4 is 29.1 Å². The number of carbonyl (C=O) groups excluding carboxylic acids is 1. The van der Waals surface area contributed by atoms with E-state index in [2.05, 4.69) is 20.3 Å². The molecule has 0 radical (unpaired) electrons. The van der Waals surface area contributed by atoms with E-state index in [1.54, 1.807) is 18.3 Å². The van der Waals surface area contributed by atoms with Gasteiger partial charge in [-0.1, -0.05) is 23.7 Å². The van der Waals surface area contributed by atoms with Crippen LogP contribution in [0.4, 0.5) is 5.82 Å². The van der Waals surface area contributed by atoms with Crippen molar-refractivity contribution in [2.75, 3.05) is 18.0 Å². The van der Waals surface area contributed by atoms with E-state index < -0.39 is 0 Å². The number of nitrogens with one attached hydrogen (secondary N) is 1. The van der Waals surface area contributed by atoms with Gasteiger partial charge in [0.2, 0.25) is 5.91 Å². The molecule has 1 aliphatic heterocycles. The Morgan fingerprint density at radius 2 is 1.89 bits per heavy atom. The lowest BCUT2D eigenvalue weighted by molar-refractivity contribution is -0.122. The van der Waals surface area contributed by atoms with Crippen LogP contribution in [-0.4, -0.2) is 38.2 Å². The van der Waals surface area contributed by atoms with Crippen LogP contribution in [0.15, 0.2) is 41.3 Å². The lowest BCUT2D eigenvalue weighted by Crippen LogP contribution is -2.32. The van der Waals surface area contributed by atoms with Crippen LogP contribution in [-0.2, 0) is 17.9 Å². The average Bonchev–Trinajstić information content (AvgIpc) is 3.30. The molecule has 0 spiro atoms. The minimum absolute atomic E-state index is 0.158. The van der Waals surface area contributed by atoms with Crippen molar-refractivity contribution in [3.8, 4) is 0 Å². The normalized spacial score (nSPS) is 14.0. The van der Waals surface area contributed by atoms with E-state index in [4.69, 9.17) is 11.6 Å². The van der Waals surface area contributed by atoms with Gasteiger partial charge in [-0.25, -0.2) is 13.9 Å². The third kappa shape index (κ3) is 3.80. The van der Waals surface area contributed by atoms with Crippen LogP contribution in [0.2, 0.25) is 5.02 Å². The number of aromatic nitrogens is 4. The number of carbonyl (C=O) groups is 1. The summed E-state index contributed by atoms with van der Waals surface area (Å²) in [6, 6.07) is 9.01. The van der Waals surface area contributed by atoms with Crippen LogP contribution in [0.3, 0.4) is 0 Å². The molecule has 0 aliphatic carbocycles. The minimum Gasteiger partial charge on any atom is -0.356 e. The summed E-state index contributed by atoms with van der Waals surface area (Å²) >= 11 is 5.85. The van der Waals surface area contributed by atoms with Crippen LogP contribution in [0.25, 0.3) is 5.78 Å². The van der Waals surface area contributed by atoms with E-state index in [-0.39, 0.29) is 18.1 Å². The monoisotopic (exact) mass is 386 g/mol. The van der Waals surface area contributed by atoms with Crippen molar-refractivity contribution < 1.29 is 4.79 Å². The van der Waals surface area contributed by atoms with Crippen LogP contribution in [0, 0.1) is 0 Å². The van der Waals surface area contributed by atoms with E-state index in [1.165, 1.54) is 4.40 Å². The highest BCUT2D eigenvalue weighted by molar-refractivity contribution is 6.30. The Morgan fingerprint density at radius 1 is 1.15 bits per heavy atom. The van der Waals surface area contributed by atoms with Crippen LogP contribution >= 0.6 is 11.6 Å². The molecule has 1 saturated heterocycles. The molecule has 3 aromatic rings. The highest BCUT2D eigenvalue weighted by Crippen LogP contribution is 2.17. The SMILES string of the molecule is O=C(Cn1nc2nc(N3CCCC3)ccn2c1=O)NCc1ccc(Cl)cc1. The van der Waals surface area contributed by atoms with E-state index in [1.807, 2.05) is 18.2 Å². The number of anilines is 1. The predicted octanol–water partition coefficient (Wildman–Crippen LogP) is 1.46. The molecule has 8 nitrogen and oxygen atoms in total. The number of halogens is 1. The summed E-state index contributed by atoms with van der Waals surface area (Å²) in [5.74, 6) is 0.814. The molecule has 1 aromatic carbocycles. The second kappa shape index (κ2) is 7.40. The van der Waals surface area contributed by atoms with Gasteiger partial charge in [-0.05, 0) is 36.6 Å². The smallest absolute Gasteiger partial charge is 0.352 e. The zero-order chi connectivity index (χ0) is 18.8. The zero-order valence-corrected chi connectivity index (χ0v) is 15.4. The summed E-state index contributed by atoms with van der Waals surface area (Å²) in [6.45, 7) is 2.12. The summed E-state index contributed by atoms with van der Waals surface area (Å²) in [7, 11) is 0. The van der Waals surface area contributed by atoms with Crippen molar-refractivity contribution in [2.24, 2.45) is 0 Å². The van der Waals surface area contributed by atoms with Gasteiger partial charge in [-0.15, -0.1) is 5.10 Å². The predicted molar refractivity (Wildman–Crippen MR) is 102 cm³/mol. The summed E-state index contributed by atoms with van der Waals surface area (Å²) < 4.78 is 2.49. The van der Waals surface area contributed by atoms with E-state index in [0.717, 1.165) is 42.0 Å². The summed E-state index contributed by atoms with van der Waals surface area (Å²) in [5, 5.41) is 7.62. The summed E-state index contributed by atoms with van der Waals surface area (Å²) in [6.07, 6.45) is 3.94. The van der Waals surface area contributed by atoms with Crippen LogP contribution in [0.1, 0.15) is 18.4 Å². The minimum atomic E-state index is -0.382. The Kier molecular flexibility index (Phi) is 4.81. The number of amides is 1. The molecule has 27 heavy (non-hydrogen) atoms. The van der Waals surface area contributed by atoms with E-state index in [0.29, 0.717) is 17.3 Å². The van der Waals surface area contributed by atoms with Gasteiger partial charge in [0.1, 0.15) is 12.4 Å². The largest absolute Gasteiger partial charge is 0.356 e. The molecule has 3 heterocycles. The Balaban J connectivity index is 1.46. The first-order valence-electron chi connectivity index (χ1n) is 8.82. The molecular formula is C18H19ClN6O2. The van der Waals surface area contributed by atoms with Gasteiger partial charge in [0.15, 0.2) is 0 Å². The molecule has 2 aromatic heterocycles. The van der Waals surface area contributed by atoms with Gasteiger partial charge in [-0.3, -0.25) is 4.79 Å². The average molecular weight is 387 g/mol. The maximum absolute atomic E-state index is 12.4. The molecule has 0 atom stereocenters. The van der Waals surface area contributed by atoms with Gasteiger partial charge < -0.3 is 10.2 Å². The van der Waals surface area contributed by atoms with E-state index in [9.17, 15) is 9.59 Å². The third-order valence-electron chi connectivity index (χ3n) is 4.57. The number of rotatable bonds is 5. The number of hydrogen-bond acceptors (Lipinski definition) is 5. The molecule has 9 heteroatoms. The Morgan fingerprint density at radius 3 is 2.63 bits per heavy atom. The van der Waals surface area contributed by atoms with Crippen molar-refractivity contribution in [3.63, 3.8) is 0 Å². The molecular weight excluding hydrogens is 368 g/mol. The molecule has 4 rings (SSSR count). The molecule has 1 N–H and O–H groups in total. The number of nitrogens with zero attached hydrogens (tertiary/aromatic N) is 5. The topological polar surface area (TPSA) is 84.5 Å². The molecule has 1 amide bonds. The van der Waals surface area contributed by atoms with Gasteiger partial charge in [-0.2, -0.15) is 4.98 Å². The zero-order valence-electron chi connectivity index (χ0n) is 14.6. The number of hydrogen-bond donors (Lipinski definition) is 1. The van der Waals surface area contributed by atoms with Gasteiger partial charge in [0, 0.05) is 30.9 Å².